The van der Waals surface area contributed by atoms with Crippen molar-refractivity contribution in [2.45, 2.75) is 43.0 Å². The highest BCUT2D eigenvalue weighted by Gasteiger charge is 2.51. The van der Waals surface area contributed by atoms with Gasteiger partial charge in [-0.15, -0.1) is 0 Å². The minimum Gasteiger partial charge on any atom is -0.325 e. The predicted octanol–water partition coefficient (Wildman–Crippen LogP) is 3.39. The lowest BCUT2D eigenvalue weighted by Gasteiger charge is -2.21. The molecule has 5 nitrogen and oxygen atoms in total. The molecule has 1 fully saturated rings. The van der Waals surface area contributed by atoms with Crippen molar-refractivity contribution in [1.82, 2.24) is 4.31 Å². The molecule has 0 radical (unpaired) electrons. The van der Waals surface area contributed by atoms with Crippen LogP contribution in [0.15, 0.2) is 59.5 Å². The number of nitrogens with zero attached hydrogens (tertiary/aromatic N) is 1. The van der Waals surface area contributed by atoms with Gasteiger partial charge in [0.05, 0.1) is 10.3 Å². The Balaban J connectivity index is 1.75. The zero-order chi connectivity index (χ0) is 18.9. The fourth-order valence-electron chi connectivity index (χ4n) is 2.93. The first-order valence-electron chi connectivity index (χ1n) is 8.72. The summed E-state index contributed by atoms with van der Waals surface area (Å²) in [4.78, 5) is 13.0. The van der Waals surface area contributed by atoms with E-state index in [1.807, 2.05) is 44.2 Å². The van der Waals surface area contributed by atoms with E-state index in [0.717, 1.165) is 18.4 Å². The second-order valence-electron chi connectivity index (χ2n) is 7.04. The summed E-state index contributed by atoms with van der Waals surface area (Å²) in [5.74, 6) is -0.0430. The minimum absolute atomic E-state index is 0.0430. The van der Waals surface area contributed by atoms with E-state index < -0.39 is 15.4 Å². The van der Waals surface area contributed by atoms with Gasteiger partial charge >= 0.3 is 0 Å². The van der Waals surface area contributed by atoms with Gasteiger partial charge in [0.1, 0.15) is 0 Å². The second kappa shape index (κ2) is 6.85. The molecule has 0 atom stereocenters. The highest BCUT2D eigenvalue weighted by molar-refractivity contribution is 7.89. The zero-order valence-electron chi connectivity index (χ0n) is 15.3. The lowest BCUT2D eigenvalue weighted by Crippen LogP contribution is -2.33. The van der Waals surface area contributed by atoms with Gasteiger partial charge in [0.15, 0.2) is 0 Å². The summed E-state index contributed by atoms with van der Waals surface area (Å²) < 4.78 is 26.3. The molecule has 1 amide bonds. The average molecular weight is 372 g/mol. The van der Waals surface area contributed by atoms with E-state index in [4.69, 9.17) is 0 Å². The summed E-state index contributed by atoms with van der Waals surface area (Å²) in [5, 5.41) is 2.93. The highest BCUT2D eigenvalue weighted by atomic mass is 32.2. The number of nitrogens with one attached hydrogen (secondary N) is 1. The van der Waals surface area contributed by atoms with Crippen LogP contribution in [0.5, 0.6) is 0 Å². The van der Waals surface area contributed by atoms with Crippen LogP contribution in [0, 0.1) is 0 Å². The number of hydrogen-bond acceptors (Lipinski definition) is 3. The molecule has 1 N–H and O–H groups in total. The summed E-state index contributed by atoms with van der Waals surface area (Å²) in [6.07, 6.45) is 1.66. The lowest BCUT2D eigenvalue weighted by atomic mass is 9.95. The Labute approximate surface area is 155 Å². The van der Waals surface area contributed by atoms with Gasteiger partial charge in [-0.2, -0.15) is 4.31 Å². The van der Waals surface area contributed by atoms with Gasteiger partial charge in [0.25, 0.3) is 0 Å². The maximum Gasteiger partial charge on any atom is 0.243 e. The number of hydrogen-bond donors (Lipinski definition) is 1. The van der Waals surface area contributed by atoms with Gasteiger partial charge in [-0.25, -0.2) is 8.42 Å². The summed E-state index contributed by atoms with van der Waals surface area (Å²) in [7, 11) is -1.96. The van der Waals surface area contributed by atoms with Gasteiger partial charge in [-0.3, -0.25) is 4.79 Å². The molecule has 2 aromatic carbocycles. The standard InChI is InChI=1S/C20H24N2O3S/c1-15(2)22(3)26(24,25)18-11-9-17(10-12-18)21-19(23)20(13-14-20)16-7-5-4-6-8-16/h4-12,15H,13-14H2,1-3H3,(H,21,23). The quantitative estimate of drug-likeness (QED) is 0.845. The fourth-order valence-corrected chi connectivity index (χ4v) is 4.30. The molecular weight excluding hydrogens is 348 g/mol. The first-order valence-corrected chi connectivity index (χ1v) is 10.2. The number of amides is 1. The monoisotopic (exact) mass is 372 g/mol. The number of benzene rings is 2. The molecule has 6 heteroatoms. The van der Waals surface area contributed by atoms with Gasteiger partial charge in [-0.05, 0) is 56.5 Å². The minimum atomic E-state index is -3.52. The maximum atomic E-state index is 12.7. The second-order valence-corrected chi connectivity index (χ2v) is 9.04. The van der Waals surface area contributed by atoms with E-state index in [1.54, 1.807) is 19.2 Å². The number of carbonyl (C=O) groups is 1. The van der Waals surface area contributed by atoms with Crippen LogP contribution in [0.2, 0.25) is 0 Å². The molecule has 0 aliphatic heterocycles. The Kier molecular flexibility index (Phi) is 4.90. The van der Waals surface area contributed by atoms with Crippen molar-refractivity contribution in [1.29, 1.82) is 0 Å². The fraction of sp³-hybridized carbons (Fsp3) is 0.350. The van der Waals surface area contributed by atoms with E-state index in [2.05, 4.69) is 5.32 Å². The summed E-state index contributed by atoms with van der Waals surface area (Å²) in [6, 6.07) is 16.0. The maximum absolute atomic E-state index is 12.7. The molecule has 1 saturated carbocycles. The average Bonchev–Trinajstić information content (AvgIpc) is 3.44. The lowest BCUT2D eigenvalue weighted by molar-refractivity contribution is -0.118. The van der Waals surface area contributed by atoms with Crippen LogP contribution in [0.4, 0.5) is 5.69 Å². The Bertz CT molecular complexity index is 886. The van der Waals surface area contributed by atoms with Crippen molar-refractivity contribution in [2.24, 2.45) is 0 Å². The molecule has 0 heterocycles. The van der Waals surface area contributed by atoms with Gasteiger partial charge in [0.2, 0.25) is 15.9 Å². The molecule has 0 spiro atoms. The SMILES string of the molecule is CC(C)N(C)S(=O)(=O)c1ccc(NC(=O)C2(c3ccccc3)CC2)cc1. The van der Waals surface area contributed by atoms with Gasteiger partial charge in [-0.1, -0.05) is 30.3 Å². The van der Waals surface area contributed by atoms with Crippen molar-refractivity contribution in [3.63, 3.8) is 0 Å². The van der Waals surface area contributed by atoms with E-state index in [0.29, 0.717) is 5.69 Å². The smallest absolute Gasteiger partial charge is 0.243 e. The molecule has 0 aromatic heterocycles. The topological polar surface area (TPSA) is 66.5 Å². The Morgan fingerprint density at radius 3 is 2.12 bits per heavy atom. The Hall–Kier alpha value is -2.18. The van der Waals surface area contributed by atoms with Crippen molar-refractivity contribution in [3.05, 3.63) is 60.2 Å². The van der Waals surface area contributed by atoms with E-state index in [9.17, 15) is 13.2 Å². The molecule has 0 saturated heterocycles. The largest absolute Gasteiger partial charge is 0.325 e. The molecular formula is C20H24N2O3S. The van der Waals surface area contributed by atoms with Crippen molar-refractivity contribution in [2.75, 3.05) is 12.4 Å². The van der Waals surface area contributed by atoms with Crippen LogP contribution >= 0.6 is 0 Å². The zero-order valence-corrected chi connectivity index (χ0v) is 16.1. The van der Waals surface area contributed by atoms with E-state index in [-0.39, 0.29) is 16.8 Å². The third kappa shape index (κ3) is 3.39. The van der Waals surface area contributed by atoms with Gasteiger partial charge < -0.3 is 5.32 Å². The van der Waals surface area contributed by atoms with Crippen LogP contribution in [0.1, 0.15) is 32.3 Å². The van der Waals surface area contributed by atoms with Crippen LogP contribution in [-0.4, -0.2) is 31.7 Å². The molecule has 26 heavy (non-hydrogen) atoms. The number of carbonyl (C=O) groups excluding carboxylic acids is 1. The molecule has 138 valence electrons. The third-order valence-corrected chi connectivity index (χ3v) is 7.08. The normalized spacial score (nSPS) is 15.9. The summed E-state index contributed by atoms with van der Waals surface area (Å²) >= 11 is 0. The Morgan fingerprint density at radius 2 is 1.62 bits per heavy atom. The molecule has 0 unspecified atom stereocenters. The molecule has 1 aliphatic rings. The molecule has 1 aliphatic carbocycles. The predicted molar refractivity (Wildman–Crippen MR) is 103 cm³/mol. The molecule has 2 aromatic rings. The van der Waals surface area contributed by atoms with E-state index >= 15 is 0 Å². The summed E-state index contributed by atoms with van der Waals surface area (Å²) in [5.41, 5.74) is 1.17. The van der Waals surface area contributed by atoms with Crippen LogP contribution in [0.3, 0.4) is 0 Å². The van der Waals surface area contributed by atoms with Crippen molar-refractivity contribution >= 4 is 21.6 Å². The van der Waals surface area contributed by atoms with Gasteiger partial charge in [0, 0.05) is 18.8 Å². The third-order valence-electron chi connectivity index (χ3n) is 5.03. The Morgan fingerprint density at radius 1 is 1.04 bits per heavy atom. The first-order chi connectivity index (χ1) is 12.3. The van der Waals surface area contributed by atoms with Crippen LogP contribution < -0.4 is 5.32 Å². The molecule has 3 rings (SSSR count). The molecule has 0 bridgehead atoms. The highest BCUT2D eigenvalue weighted by Crippen LogP contribution is 2.48. The van der Waals surface area contributed by atoms with Crippen LogP contribution in [-0.2, 0) is 20.2 Å². The van der Waals surface area contributed by atoms with Crippen molar-refractivity contribution < 1.29 is 13.2 Å². The first kappa shape index (κ1) is 18.6. The van der Waals surface area contributed by atoms with Crippen molar-refractivity contribution in [3.8, 4) is 0 Å². The number of rotatable bonds is 6. The number of sulfonamides is 1. The summed E-state index contributed by atoms with van der Waals surface area (Å²) in [6.45, 7) is 3.65. The van der Waals surface area contributed by atoms with E-state index in [1.165, 1.54) is 16.4 Å². The van der Waals surface area contributed by atoms with Crippen LogP contribution in [0.25, 0.3) is 0 Å². The number of anilines is 1.